The topological polar surface area (TPSA) is 81.8 Å². The number of carbonyl (C=O) groups is 1. The lowest BCUT2D eigenvalue weighted by molar-refractivity contribution is -0.140. The SMILES string of the molecule is COC(=O)CCCCC[C@@H]1[C@@H](c2cc(COc3cccc(F)c3)on2)[C@H](C)C[C@@H]1O. The third kappa shape index (κ3) is 5.81. The molecule has 1 aliphatic rings. The first-order valence-electron chi connectivity index (χ1n) is 10.6. The third-order valence-corrected chi connectivity index (χ3v) is 5.92. The van der Waals surface area contributed by atoms with Gasteiger partial charge in [0.1, 0.15) is 18.2 Å². The first kappa shape index (κ1) is 22.3. The highest BCUT2D eigenvalue weighted by atomic mass is 19.1. The molecule has 3 rings (SSSR count). The normalized spacial score (nSPS) is 23.5. The van der Waals surface area contributed by atoms with Crippen LogP contribution in [-0.2, 0) is 16.1 Å². The lowest BCUT2D eigenvalue weighted by Crippen LogP contribution is -2.19. The average molecular weight is 419 g/mol. The lowest BCUT2D eigenvalue weighted by atomic mass is 9.83. The first-order valence-corrected chi connectivity index (χ1v) is 10.6. The number of benzene rings is 1. The van der Waals surface area contributed by atoms with Gasteiger partial charge in [0, 0.05) is 24.5 Å². The van der Waals surface area contributed by atoms with Gasteiger partial charge >= 0.3 is 5.97 Å². The summed E-state index contributed by atoms with van der Waals surface area (Å²) in [5.74, 6) is 0.990. The summed E-state index contributed by atoms with van der Waals surface area (Å²) in [6, 6.07) is 7.84. The van der Waals surface area contributed by atoms with Crippen molar-refractivity contribution in [3.63, 3.8) is 0 Å². The molecule has 0 saturated heterocycles. The van der Waals surface area contributed by atoms with Gasteiger partial charge in [-0.3, -0.25) is 4.79 Å². The molecule has 0 aliphatic heterocycles. The van der Waals surface area contributed by atoms with Crippen molar-refractivity contribution in [1.29, 1.82) is 0 Å². The monoisotopic (exact) mass is 419 g/mol. The first-order chi connectivity index (χ1) is 14.5. The van der Waals surface area contributed by atoms with Crippen molar-refractivity contribution in [2.24, 2.45) is 11.8 Å². The molecule has 0 amide bonds. The van der Waals surface area contributed by atoms with Gasteiger partial charge in [0.25, 0.3) is 0 Å². The molecule has 1 aliphatic carbocycles. The smallest absolute Gasteiger partial charge is 0.305 e. The maximum Gasteiger partial charge on any atom is 0.305 e. The summed E-state index contributed by atoms with van der Waals surface area (Å²) in [6.07, 6.45) is 4.33. The molecule has 1 heterocycles. The Bertz CT molecular complexity index is 823. The van der Waals surface area contributed by atoms with Crippen LogP contribution in [0.1, 0.15) is 62.8 Å². The van der Waals surface area contributed by atoms with Crippen LogP contribution in [0.2, 0.25) is 0 Å². The number of unbranched alkanes of at least 4 members (excludes halogenated alkanes) is 2. The van der Waals surface area contributed by atoms with E-state index in [0.29, 0.717) is 23.8 Å². The number of nitrogens with zero attached hydrogens (tertiary/aromatic N) is 1. The Labute approximate surface area is 176 Å². The van der Waals surface area contributed by atoms with Gasteiger partial charge in [-0.05, 0) is 43.2 Å². The van der Waals surface area contributed by atoms with E-state index in [9.17, 15) is 14.3 Å². The zero-order valence-corrected chi connectivity index (χ0v) is 17.6. The van der Waals surface area contributed by atoms with Crippen LogP contribution in [0, 0.1) is 17.7 Å². The highest BCUT2D eigenvalue weighted by molar-refractivity contribution is 5.68. The fourth-order valence-electron chi connectivity index (χ4n) is 4.44. The standard InChI is InChI=1S/C23H30FNO5/c1-15-11-21(26)19(9-4-3-5-10-22(27)28-2)23(15)20-13-18(30-25-20)14-29-17-8-6-7-16(24)12-17/h6-8,12-13,15,19,21,23,26H,3-5,9-11,14H2,1-2H3/t15-,19+,21+,23+/m1/s1. The second-order valence-corrected chi connectivity index (χ2v) is 8.11. The third-order valence-electron chi connectivity index (χ3n) is 5.92. The number of ether oxygens (including phenoxy) is 2. The molecule has 0 radical (unpaired) electrons. The number of aliphatic hydroxyl groups excluding tert-OH is 1. The van der Waals surface area contributed by atoms with Crippen LogP contribution in [0.3, 0.4) is 0 Å². The van der Waals surface area contributed by atoms with Crippen LogP contribution >= 0.6 is 0 Å². The van der Waals surface area contributed by atoms with E-state index < -0.39 is 0 Å². The number of esters is 1. The predicted molar refractivity (Wildman–Crippen MR) is 108 cm³/mol. The Hall–Kier alpha value is -2.41. The van der Waals surface area contributed by atoms with E-state index >= 15 is 0 Å². The Morgan fingerprint density at radius 2 is 2.13 bits per heavy atom. The molecule has 0 unspecified atom stereocenters. The van der Waals surface area contributed by atoms with Crippen molar-refractivity contribution in [3.8, 4) is 5.75 Å². The molecular weight excluding hydrogens is 389 g/mol. The molecule has 6 nitrogen and oxygen atoms in total. The molecule has 1 fully saturated rings. The fraction of sp³-hybridized carbons (Fsp3) is 0.565. The number of halogens is 1. The Morgan fingerprint density at radius 3 is 2.90 bits per heavy atom. The molecule has 164 valence electrons. The number of hydrogen-bond acceptors (Lipinski definition) is 6. The highest BCUT2D eigenvalue weighted by Gasteiger charge is 2.42. The van der Waals surface area contributed by atoms with E-state index in [0.717, 1.165) is 37.8 Å². The maximum atomic E-state index is 13.3. The molecule has 0 bridgehead atoms. The van der Waals surface area contributed by atoms with Crippen LogP contribution in [0.15, 0.2) is 34.9 Å². The van der Waals surface area contributed by atoms with Crippen molar-refractivity contribution >= 4 is 5.97 Å². The van der Waals surface area contributed by atoms with E-state index in [-0.39, 0.29) is 36.3 Å². The quantitative estimate of drug-likeness (QED) is 0.447. The van der Waals surface area contributed by atoms with Crippen LogP contribution in [-0.4, -0.2) is 29.4 Å². The van der Waals surface area contributed by atoms with Crippen molar-refractivity contribution in [1.82, 2.24) is 5.16 Å². The van der Waals surface area contributed by atoms with Gasteiger partial charge in [-0.15, -0.1) is 0 Å². The van der Waals surface area contributed by atoms with E-state index in [1.54, 1.807) is 12.1 Å². The van der Waals surface area contributed by atoms with E-state index in [2.05, 4.69) is 16.8 Å². The van der Waals surface area contributed by atoms with Gasteiger partial charge in [0.2, 0.25) is 0 Å². The second-order valence-electron chi connectivity index (χ2n) is 8.11. The molecule has 1 aromatic heterocycles. The molecule has 4 atom stereocenters. The van der Waals surface area contributed by atoms with Gasteiger partial charge < -0.3 is 19.1 Å². The van der Waals surface area contributed by atoms with Crippen molar-refractivity contribution in [2.45, 2.75) is 64.1 Å². The molecule has 0 spiro atoms. The second kappa shape index (κ2) is 10.6. The molecule has 1 saturated carbocycles. The molecule has 2 aromatic rings. The zero-order chi connectivity index (χ0) is 21.5. The molecule has 1 aromatic carbocycles. The van der Waals surface area contributed by atoms with E-state index in [4.69, 9.17) is 9.26 Å². The Morgan fingerprint density at radius 1 is 1.30 bits per heavy atom. The van der Waals surface area contributed by atoms with Crippen LogP contribution < -0.4 is 4.74 Å². The molecule has 30 heavy (non-hydrogen) atoms. The van der Waals surface area contributed by atoms with Gasteiger partial charge in [0.05, 0.1) is 18.9 Å². The van der Waals surface area contributed by atoms with Crippen molar-refractivity contribution < 1.29 is 28.3 Å². The number of carbonyl (C=O) groups excluding carboxylic acids is 1. The summed E-state index contributed by atoms with van der Waals surface area (Å²) in [5.41, 5.74) is 0.830. The summed E-state index contributed by atoms with van der Waals surface area (Å²) < 4.78 is 29.0. The summed E-state index contributed by atoms with van der Waals surface area (Å²) in [7, 11) is 1.40. The van der Waals surface area contributed by atoms with Gasteiger partial charge in [-0.2, -0.15) is 0 Å². The maximum absolute atomic E-state index is 13.3. The summed E-state index contributed by atoms with van der Waals surface area (Å²) in [5, 5.41) is 14.8. The van der Waals surface area contributed by atoms with Crippen molar-refractivity contribution in [3.05, 3.63) is 47.6 Å². The van der Waals surface area contributed by atoms with Crippen LogP contribution in [0.25, 0.3) is 0 Å². The number of aromatic nitrogens is 1. The van der Waals surface area contributed by atoms with E-state index in [1.165, 1.54) is 19.2 Å². The minimum absolute atomic E-state index is 0.111. The number of rotatable bonds is 10. The average Bonchev–Trinajstić information content (AvgIpc) is 3.29. The predicted octanol–water partition coefficient (Wildman–Crippen LogP) is 4.62. The lowest BCUT2D eigenvalue weighted by Gasteiger charge is -2.22. The summed E-state index contributed by atoms with van der Waals surface area (Å²) in [6.45, 7) is 2.29. The largest absolute Gasteiger partial charge is 0.485 e. The van der Waals surface area contributed by atoms with E-state index in [1.807, 2.05) is 6.07 Å². The zero-order valence-electron chi connectivity index (χ0n) is 17.6. The molecular formula is C23H30FNO5. The Balaban J connectivity index is 1.55. The fourth-order valence-corrected chi connectivity index (χ4v) is 4.44. The number of aliphatic hydroxyl groups is 1. The van der Waals surface area contributed by atoms with Crippen LogP contribution in [0.5, 0.6) is 5.75 Å². The Kier molecular flexibility index (Phi) is 7.85. The minimum atomic E-state index is -0.366. The van der Waals surface area contributed by atoms with Crippen LogP contribution in [0.4, 0.5) is 4.39 Å². The van der Waals surface area contributed by atoms with Crippen molar-refractivity contribution in [2.75, 3.05) is 7.11 Å². The molecule has 1 N–H and O–H groups in total. The molecule has 7 heteroatoms. The van der Waals surface area contributed by atoms with Gasteiger partial charge in [-0.25, -0.2) is 4.39 Å². The number of methoxy groups -OCH3 is 1. The summed E-state index contributed by atoms with van der Waals surface area (Å²) >= 11 is 0. The number of hydrogen-bond donors (Lipinski definition) is 1. The van der Waals surface area contributed by atoms with Gasteiger partial charge in [0.15, 0.2) is 5.76 Å². The highest BCUT2D eigenvalue weighted by Crippen LogP contribution is 2.46. The minimum Gasteiger partial charge on any atom is -0.485 e. The summed E-state index contributed by atoms with van der Waals surface area (Å²) in [4.78, 5) is 11.2. The van der Waals surface area contributed by atoms with Gasteiger partial charge in [-0.1, -0.05) is 31.0 Å².